The second-order valence-electron chi connectivity index (χ2n) is 8.60. The standard InChI is InChI=1S/C28H25BrN4O2S/c1-18-24(27(35)31-22-8-3-2-4-9-22)25(33-15-6-16-36-28(33)30-18)20-7-5-10-23(17-20)32-26(34)19-11-13-21(29)14-12-19/h2-5,7-14,17,25H,6,15-16H2,1H3,(H,31,35)(H,32,34). The number of carbonyl (C=O) groups is 2. The zero-order chi connectivity index (χ0) is 25.1. The Bertz CT molecular complexity index is 1360. The molecule has 0 bridgehead atoms. The molecule has 0 aliphatic carbocycles. The van der Waals surface area contributed by atoms with Gasteiger partial charge in [0, 0.05) is 33.7 Å². The van der Waals surface area contributed by atoms with Gasteiger partial charge < -0.3 is 15.5 Å². The minimum atomic E-state index is -0.307. The van der Waals surface area contributed by atoms with Crippen LogP contribution in [0.1, 0.15) is 35.3 Å². The van der Waals surface area contributed by atoms with Gasteiger partial charge in [-0.3, -0.25) is 9.59 Å². The summed E-state index contributed by atoms with van der Waals surface area (Å²) >= 11 is 5.12. The molecule has 3 aromatic rings. The fourth-order valence-electron chi connectivity index (χ4n) is 4.42. The van der Waals surface area contributed by atoms with Crippen molar-refractivity contribution in [3.05, 3.63) is 106 Å². The van der Waals surface area contributed by atoms with Crippen LogP contribution in [0, 0.1) is 0 Å². The Morgan fingerprint density at radius 1 is 0.944 bits per heavy atom. The van der Waals surface area contributed by atoms with E-state index in [9.17, 15) is 9.59 Å². The van der Waals surface area contributed by atoms with Crippen molar-refractivity contribution >= 4 is 56.0 Å². The van der Waals surface area contributed by atoms with E-state index in [2.05, 4.69) is 31.5 Å². The molecule has 6 nitrogen and oxygen atoms in total. The smallest absolute Gasteiger partial charge is 0.255 e. The fraction of sp³-hybridized carbons (Fsp3) is 0.179. The number of hydrogen-bond acceptors (Lipinski definition) is 5. The first-order chi connectivity index (χ1) is 17.5. The number of amides is 2. The highest BCUT2D eigenvalue weighted by Crippen LogP contribution is 2.40. The second kappa shape index (κ2) is 10.7. The summed E-state index contributed by atoms with van der Waals surface area (Å²) in [5, 5.41) is 6.97. The van der Waals surface area contributed by atoms with Crippen LogP contribution < -0.4 is 10.6 Å². The van der Waals surface area contributed by atoms with Gasteiger partial charge in [-0.15, -0.1) is 0 Å². The largest absolute Gasteiger partial charge is 0.340 e. The van der Waals surface area contributed by atoms with Crippen LogP contribution in [0.2, 0.25) is 0 Å². The van der Waals surface area contributed by atoms with E-state index in [4.69, 9.17) is 4.99 Å². The lowest BCUT2D eigenvalue weighted by Crippen LogP contribution is -2.43. The van der Waals surface area contributed by atoms with Crippen molar-refractivity contribution in [1.29, 1.82) is 0 Å². The molecule has 2 heterocycles. The Hall–Kier alpha value is -3.36. The van der Waals surface area contributed by atoms with Crippen molar-refractivity contribution in [2.45, 2.75) is 19.4 Å². The highest BCUT2D eigenvalue weighted by Gasteiger charge is 2.37. The maximum atomic E-state index is 13.6. The van der Waals surface area contributed by atoms with Crippen LogP contribution in [0.3, 0.4) is 0 Å². The van der Waals surface area contributed by atoms with Gasteiger partial charge >= 0.3 is 0 Å². The molecule has 3 aromatic carbocycles. The van der Waals surface area contributed by atoms with Gasteiger partial charge in [0.1, 0.15) is 0 Å². The lowest BCUT2D eigenvalue weighted by molar-refractivity contribution is -0.113. The van der Waals surface area contributed by atoms with Crippen molar-refractivity contribution in [2.75, 3.05) is 22.9 Å². The number of halogens is 1. The number of para-hydroxylation sites is 1. The van der Waals surface area contributed by atoms with E-state index in [0.29, 0.717) is 22.5 Å². The van der Waals surface area contributed by atoms with E-state index in [-0.39, 0.29) is 17.9 Å². The third kappa shape index (κ3) is 5.24. The van der Waals surface area contributed by atoms with E-state index in [0.717, 1.165) is 39.6 Å². The number of anilines is 2. The van der Waals surface area contributed by atoms with Crippen LogP contribution in [0.4, 0.5) is 11.4 Å². The number of nitrogens with one attached hydrogen (secondary N) is 2. The van der Waals surface area contributed by atoms with Gasteiger partial charge in [0.2, 0.25) is 0 Å². The first-order valence-electron chi connectivity index (χ1n) is 11.7. The van der Waals surface area contributed by atoms with Gasteiger partial charge in [-0.25, -0.2) is 4.99 Å². The number of thioether (sulfide) groups is 1. The first kappa shape index (κ1) is 24.3. The van der Waals surface area contributed by atoms with Crippen LogP contribution in [0.25, 0.3) is 0 Å². The predicted molar refractivity (Wildman–Crippen MR) is 150 cm³/mol. The summed E-state index contributed by atoms with van der Waals surface area (Å²) in [7, 11) is 0. The van der Waals surface area contributed by atoms with Crippen molar-refractivity contribution in [1.82, 2.24) is 4.90 Å². The number of benzene rings is 3. The monoisotopic (exact) mass is 560 g/mol. The molecular weight excluding hydrogens is 536 g/mol. The Morgan fingerprint density at radius 2 is 1.67 bits per heavy atom. The number of rotatable bonds is 5. The molecule has 0 saturated carbocycles. The van der Waals surface area contributed by atoms with E-state index >= 15 is 0 Å². The molecule has 0 radical (unpaired) electrons. The van der Waals surface area contributed by atoms with Crippen molar-refractivity contribution in [3.63, 3.8) is 0 Å². The summed E-state index contributed by atoms with van der Waals surface area (Å²) < 4.78 is 0.915. The van der Waals surface area contributed by atoms with E-state index in [1.165, 1.54) is 0 Å². The highest BCUT2D eigenvalue weighted by molar-refractivity contribution is 9.10. The molecule has 182 valence electrons. The summed E-state index contributed by atoms with van der Waals surface area (Å²) in [4.78, 5) is 33.4. The number of aliphatic imine (C=N–C) groups is 1. The molecule has 5 rings (SSSR count). The van der Waals surface area contributed by atoms with Gasteiger partial charge in [-0.2, -0.15) is 0 Å². The van der Waals surface area contributed by atoms with Crippen molar-refractivity contribution in [3.8, 4) is 0 Å². The van der Waals surface area contributed by atoms with Gasteiger partial charge in [0.15, 0.2) is 5.17 Å². The molecule has 1 fully saturated rings. The Labute approximate surface area is 223 Å². The van der Waals surface area contributed by atoms with Crippen LogP contribution in [-0.4, -0.2) is 34.2 Å². The summed E-state index contributed by atoms with van der Waals surface area (Å²) in [5.74, 6) is 0.642. The quantitative estimate of drug-likeness (QED) is 0.375. The molecule has 0 spiro atoms. The number of amidine groups is 1. The molecule has 2 N–H and O–H groups in total. The van der Waals surface area contributed by atoms with E-state index in [1.54, 1.807) is 23.9 Å². The summed E-state index contributed by atoms with van der Waals surface area (Å²) in [6.45, 7) is 2.70. The van der Waals surface area contributed by atoms with Crippen LogP contribution in [0.15, 0.2) is 99.6 Å². The lowest BCUT2D eigenvalue weighted by atomic mass is 9.93. The zero-order valence-corrected chi connectivity index (χ0v) is 22.1. The molecular formula is C28H25BrN4O2S. The Morgan fingerprint density at radius 3 is 2.44 bits per heavy atom. The second-order valence-corrected chi connectivity index (χ2v) is 10.6. The van der Waals surface area contributed by atoms with Gasteiger partial charge in [-0.05, 0) is 67.4 Å². The first-order valence-corrected chi connectivity index (χ1v) is 13.5. The summed E-state index contributed by atoms with van der Waals surface area (Å²) in [6, 6.07) is 24.1. The summed E-state index contributed by atoms with van der Waals surface area (Å²) in [6.07, 6.45) is 1.01. The normalized spacial score (nSPS) is 17.2. The van der Waals surface area contributed by atoms with Gasteiger partial charge in [0.25, 0.3) is 11.8 Å². The fourth-order valence-corrected chi connectivity index (χ4v) is 5.70. The molecule has 1 atom stereocenters. The maximum absolute atomic E-state index is 13.6. The maximum Gasteiger partial charge on any atom is 0.255 e. The van der Waals surface area contributed by atoms with Crippen molar-refractivity contribution < 1.29 is 9.59 Å². The topological polar surface area (TPSA) is 73.8 Å². The third-order valence-corrected chi connectivity index (χ3v) is 7.71. The Balaban J connectivity index is 1.48. The SMILES string of the molecule is CC1=C(C(=O)Nc2ccccc2)C(c2cccc(NC(=O)c3ccc(Br)cc3)c2)N2CCCSC2=N1. The minimum Gasteiger partial charge on any atom is -0.340 e. The molecule has 1 unspecified atom stereocenters. The Kier molecular flexibility index (Phi) is 7.25. The van der Waals surface area contributed by atoms with Crippen LogP contribution in [0.5, 0.6) is 0 Å². The molecule has 2 amide bonds. The molecule has 8 heteroatoms. The number of carbonyl (C=O) groups excluding carboxylic acids is 2. The number of hydrogen-bond donors (Lipinski definition) is 2. The molecule has 1 saturated heterocycles. The number of nitrogens with zero attached hydrogens (tertiary/aromatic N) is 2. The minimum absolute atomic E-state index is 0.175. The van der Waals surface area contributed by atoms with Gasteiger partial charge in [-0.1, -0.05) is 58.0 Å². The highest BCUT2D eigenvalue weighted by atomic mass is 79.9. The van der Waals surface area contributed by atoms with E-state index < -0.39 is 0 Å². The number of allylic oxidation sites excluding steroid dienone is 1. The molecule has 2 aliphatic heterocycles. The summed E-state index contributed by atoms with van der Waals surface area (Å²) in [5.41, 5.74) is 4.23. The average Bonchev–Trinajstić information content (AvgIpc) is 2.89. The van der Waals surface area contributed by atoms with Gasteiger partial charge in [0.05, 0.1) is 17.3 Å². The number of fused-ring (bicyclic) bond motifs is 1. The molecule has 0 aromatic heterocycles. The molecule has 2 aliphatic rings. The lowest BCUT2D eigenvalue weighted by Gasteiger charge is -2.41. The van der Waals surface area contributed by atoms with E-state index in [1.807, 2.05) is 73.7 Å². The van der Waals surface area contributed by atoms with Crippen molar-refractivity contribution in [2.24, 2.45) is 4.99 Å². The average molecular weight is 562 g/mol. The molecule has 36 heavy (non-hydrogen) atoms. The predicted octanol–water partition coefficient (Wildman–Crippen LogP) is 6.46. The van der Waals surface area contributed by atoms with Crippen LogP contribution >= 0.6 is 27.7 Å². The third-order valence-electron chi connectivity index (χ3n) is 6.10. The zero-order valence-electron chi connectivity index (χ0n) is 19.7. The van der Waals surface area contributed by atoms with Crippen LogP contribution in [-0.2, 0) is 4.79 Å².